The molecule has 1 aromatic heterocycles. The largest absolute Gasteiger partial charge is 0.368 e. The van der Waals surface area contributed by atoms with Gasteiger partial charge in [-0.1, -0.05) is 29.8 Å². The van der Waals surface area contributed by atoms with E-state index in [0.29, 0.717) is 0 Å². The molecule has 0 radical (unpaired) electrons. The van der Waals surface area contributed by atoms with E-state index in [0.717, 1.165) is 31.7 Å². The van der Waals surface area contributed by atoms with Crippen molar-refractivity contribution in [3.8, 4) is 0 Å². The zero-order valence-corrected chi connectivity index (χ0v) is 13.4. The third-order valence-electron chi connectivity index (χ3n) is 4.11. The minimum absolute atomic E-state index is 0.0833. The molecule has 0 N–H and O–H groups in total. The first kappa shape index (κ1) is 15.3. The first-order valence-corrected chi connectivity index (χ1v) is 7.91. The molecule has 1 fully saturated rings. The zero-order chi connectivity index (χ0) is 16.1. The number of amides is 1. The summed E-state index contributed by atoms with van der Waals surface area (Å²) >= 11 is 0. The van der Waals surface area contributed by atoms with E-state index in [2.05, 4.69) is 28.9 Å². The topological polar surface area (TPSA) is 36.4 Å². The van der Waals surface area contributed by atoms with Crippen LogP contribution < -0.4 is 4.90 Å². The number of carbonyl (C=O) groups is 1. The molecule has 0 unspecified atom stereocenters. The second kappa shape index (κ2) is 7.09. The maximum absolute atomic E-state index is 12.3. The SMILES string of the molecule is Cc1ccc(/C=C/C(=O)N2CCN(c3ccncc3)CC2)cc1. The molecular formula is C19H21N3O. The molecule has 118 valence electrons. The minimum Gasteiger partial charge on any atom is -0.368 e. The van der Waals surface area contributed by atoms with Gasteiger partial charge in [-0.3, -0.25) is 9.78 Å². The van der Waals surface area contributed by atoms with Gasteiger partial charge >= 0.3 is 0 Å². The summed E-state index contributed by atoms with van der Waals surface area (Å²) in [5, 5.41) is 0. The van der Waals surface area contributed by atoms with Gasteiger partial charge in [0.05, 0.1) is 0 Å². The third-order valence-corrected chi connectivity index (χ3v) is 4.11. The molecule has 0 spiro atoms. The molecular weight excluding hydrogens is 286 g/mol. The number of piperazine rings is 1. The van der Waals surface area contributed by atoms with Gasteiger partial charge in [-0.25, -0.2) is 0 Å². The van der Waals surface area contributed by atoms with Crippen LogP contribution in [0.5, 0.6) is 0 Å². The van der Waals surface area contributed by atoms with E-state index in [1.54, 1.807) is 18.5 Å². The lowest BCUT2D eigenvalue weighted by atomic mass is 10.1. The number of aryl methyl sites for hydroxylation is 1. The highest BCUT2D eigenvalue weighted by atomic mass is 16.2. The van der Waals surface area contributed by atoms with E-state index < -0.39 is 0 Å². The van der Waals surface area contributed by atoms with Crippen molar-refractivity contribution in [3.05, 3.63) is 66.0 Å². The van der Waals surface area contributed by atoms with Gasteiger partial charge in [0.1, 0.15) is 0 Å². The Balaban J connectivity index is 1.55. The Morgan fingerprint density at radius 2 is 1.65 bits per heavy atom. The fourth-order valence-corrected chi connectivity index (χ4v) is 2.69. The highest BCUT2D eigenvalue weighted by molar-refractivity contribution is 5.92. The fraction of sp³-hybridized carbons (Fsp3) is 0.263. The van der Waals surface area contributed by atoms with E-state index in [9.17, 15) is 4.79 Å². The molecule has 2 aromatic rings. The first-order valence-electron chi connectivity index (χ1n) is 7.91. The summed E-state index contributed by atoms with van der Waals surface area (Å²) in [4.78, 5) is 20.5. The third kappa shape index (κ3) is 3.97. The van der Waals surface area contributed by atoms with Crippen molar-refractivity contribution in [2.24, 2.45) is 0 Å². The van der Waals surface area contributed by atoms with Crippen LogP contribution in [0, 0.1) is 6.92 Å². The number of benzene rings is 1. The highest BCUT2D eigenvalue weighted by Gasteiger charge is 2.19. The molecule has 0 saturated carbocycles. The van der Waals surface area contributed by atoms with Crippen LogP contribution in [-0.2, 0) is 4.79 Å². The zero-order valence-electron chi connectivity index (χ0n) is 13.4. The maximum Gasteiger partial charge on any atom is 0.246 e. The lowest BCUT2D eigenvalue weighted by molar-refractivity contribution is -0.126. The summed E-state index contributed by atoms with van der Waals surface area (Å²) in [6.07, 6.45) is 7.16. The van der Waals surface area contributed by atoms with Gasteiger partial charge in [0.2, 0.25) is 5.91 Å². The van der Waals surface area contributed by atoms with Crippen molar-refractivity contribution >= 4 is 17.7 Å². The number of anilines is 1. The maximum atomic E-state index is 12.3. The summed E-state index contributed by atoms with van der Waals surface area (Å²) in [6.45, 7) is 5.27. The Morgan fingerprint density at radius 1 is 1.00 bits per heavy atom. The van der Waals surface area contributed by atoms with Crippen LogP contribution in [0.3, 0.4) is 0 Å². The summed E-state index contributed by atoms with van der Waals surface area (Å²) in [5.41, 5.74) is 3.45. The van der Waals surface area contributed by atoms with Crippen molar-refractivity contribution in [2.45, 2.75) is 6.92 Å². The lowest BCUT2D eigenvalue weighted by Crippen LogP contribution is -2.48. The monoisotopic (exact) mass is 307 g/mol. The van der Waals surface area contributed by atoms with Crippen molar-refractivity contribution in [1.29, 1.82) is 0 Å². The van der Waals surface area contributed by atoms with Crippen LogP contribution in [0.1, 0.15) is 11.1 Å². The molecule has 1 aliphatic rings. The second-order valence-corrected chi connectivity index (χ2v) is 5.76. The molecule has 23 heavy (non-hydrogen) atoms. The Kier molecular flexibility index (Phi) is 4.71. The van der Waals surface area contributed by atoms with E-state index in [1.807, 2.05) is 35.2 Å². The summed E-state index contributed by atoms with van der Waals surface area (Å²) in [5.74, 6) is 0.0833. The predicted molar refractivity (Wildman–Crippen MR) is 93.2 cm³/mol. The normalized spacial score (nSPS) is 15.2. The van der Waals surface area contributed by atoms with Crippen LogP contribution in [-0.4, -0.2) is 42.0 Å². The smallest absolute Gasteiger partial charge is 0.246 e. The number of nitrogens with zero attached hydrogens (tertiary/aromatic N) is 3. The molecule has 4 nitrogen and oxygen atoms in total. The number of pyridine rings is 1. The molecule has 1 saturated heterocycles. The molecule has 2 heterocycles. The predicted octanol–water partition coefficient (Wildman–Crippen LogP) is 2.75. The molecule has 3 rings (SSSR count). The number of hydrogen-bond donors (Lipinski definition) is 0. The molecule has 0 bridgehead atoms. The van der Waals surface area contributed by atoms with Crippen LogP contribution in [0.2, 0.25) is 0 Å². The van der Waals surface area contributed by atoms with Gasteiger partial charge < -0.3 is 9.80 Å². The molecule has 1 amide bonds. The molecule has 1 aliphatic heterocycles. The number of aromatic nitrogens is 1. The van der Waals surface area contributed by atoms with E-state index in [4.69, 9.17) is 0 Å². The first-order chi connectivity index (χ1) is 11.2. The number of hydrogen-bond acceptors (Lipinski definition) is 3. The van der Waals surface area contributed by atoms with Gasteiger partial charge in [-0.15, -0.1) is 0 Å². The standard InChI is InChI=1S/C19H21N3O/c1-16-2-4-17(5-3-16)6-7-19(23)22-14-12-21(13-15-22)18-8-10-20-11-9-18/h2-11H,12-15H2,1H3/b7-6+. The minimum atomic E-state index is 0.0833. The molecule has 0 atom stereocenters. The summed E-state index contributed by atoms with van der Waals surface area (Å²) in [6, 6.07) is 12.2. The molecule has 0 aliphatic carbocycles. The van der Waals surface area contributed by atoms with Crippen molar-refractivity contribution in [1.82, 2.24) is 9.88 Å². The Hall–Kier alpha value is -2.62. The second-order valence-electron chi connectivity index (χ2n) is 5.76. The van der Waals surface area contributed by atoms with Crippen LogP contribution in [0.4, 0.5) is 5.69 Å². The summed E-state index contributed by atoms with van der Waals surface area (Å²) < 4.78 is 0. The molecule has 4 heteroatoms. The van der Waals surface area contributed by atoms with E-state index >= 15 is 0 Å². The van der Waals surface area contributed by atoms with E-state index in [1.165, 1.54) is 11.3 Å². The van der Waals surface area contributed by atoms with Gasteiger partial charge in [-0.05, 0) is 30.7 Å². The van der Waals surface area contributed by atoms with Crippen LogP contribution in [0.25, 0.3) is 6.08 Å². The van der Waals surface area contributed by atoms with Gasteiger partial charge in [0, 0.05) is 50.3 Å². The number of carbonyl (C=O) groups excluding carboxylic acids is 1. The summed E-state index contributed by atoms with van der Waals surface area (Å²) in [7, 11) is 0. The van der Waals surface area contributed by atoms with Crippen LogP contribution >= 0.6 is 0 Å². The highest BCUT2D eigenvalue weighted by Crippen LogP contribution is 2.15. The Labute approximate surface area is 137 Å². The van der Waals surface area contributed by atoms with Gasteiger partial charge in [0.15, 0.2) is 0 Å². The quantitative estimate of drug-likeness (QED) is 0.818. The van der Waals surface area contributed by atoms with Crippen molar-refractivity contribution < 1.29 is 4.79 Å². The average Bonchev–Trinajstić information content (AvgIpc) is 2.62. The van der Waals surface area contributed by atoms with Gasteiger partial charge in [-0.2, -0.15) is 0 Å². The van der Waals surface area contributed by atoms with E-state index in [-0.39, 0.29) is 5.91 Å². The Morgan fingerprint density at radius 3 is 2.30 bits per heavy atom. The fourth-order valence-electron chi connectivity index (χ4n) is 2.69. The Bertz CT molecular complexity index is 672. The lowest BCUT2D eigenvalue weighted by Gasteiger charge is -2.35. The van der Waals surface area contributed by atoms with Crippen LogP contribution in [0.15, 0.2) is 54.9 Å². The number of rotatable bonds is 3. The van der Waals surface area contributed by atoms with Crippen molar-refractivity contribution in [3.63, 3.8) is 0 Å². The van der Waals surface area contributed by atoms with Crippen molar-refractivity contribution in [2.75, 3.05) is 31.1 Å². The molecule has 1 aromatic carbocycles. The van der Waals surface area contributed by atoms with Gasteiger partial charge in [0.25, 0.3) is 0 Å². The average molecular weight is 307 g/mol.